The minimum atomic E-state index is -3.78. The van der Waals surface area contributed by atoms with E-state index in [2.05, 4.69) is 5.32 Å². The second kappa shape index (κ2) is 9.92. The van der Waals surface area contributed by atoms with Crippen molar-refractivity contribution in [3.05, 3.63) is 53.1 Å². The van der Waals surface area contributed by atoms with E-state index in [0.717, 1.165) is 4.31 Å². The zero-order valence-corrected chi connectivity index (χ0v) is 18.6. The smallest absolute Gasteiger partial charge is 0.338 e. The van der Waals surface area contributed by atoms with Crippen molar-refractivity contribution in [3.63, 3.8) is 0 Å². The van der Waals surface area contributed by atoms with Crippen LogP contribution in [0.5, 0.6) is 5.75 Å². The van der Waals surface area contributed by atoms with E-state index in [9.17, 15) is 18.0 Å². The highest BCUT2D eigenvalue weighted by Crippen LogP contribution is 2.26. The molecule has 1 N–H and O–H groups in total. The van der Waals surface area contributed by atoms with E-state index in [0.29, 0.717) is 5.75 Å². The third-order valence-corrected chi connectivity index (χ3v) is 6.07. The molecule has 10 heteroatoms. The van der Waals surface area contributed by atoms with Crippen molar-refractivity contribution in [2.75, 3.05) is 26.0 Å². The number of anilines is 1. The number of esters is 1. The van der Waals surface area contributed by atoms with Crippen LogP contribution in [0.2, 0.25) is 5.02 Å². The summed E-state index contributed by atoms with van der Waals surface area (Å²) in [6, 6.07) is 10.4. The Morgan fingerprint density at radius 2 is 1.73 bits per heavy atom. The molecule has 0 aromatic heterocycles. The van der Waals surface area contributed by atoms with Gasteiger partial charge in [-0.1, -0.05) is 11.6 Å². The lowest BCUT2D eigenvalue weighted by Crippen LogP contribution is -2.23. The number of nitrogens with one attached hydrogen (secondary N) is 1. The minimum Gasteiger partial charge on any atom is -0.491 e. The van der Waals surface area contributed by atoms with Crippen LogP contribution in [-0.2, 0) is 19.6 Å². The van der Waals surface area contributed by atoms with Crippen LogP contribution in [0.4, 0.5) is 5.69 Å². The van der Waals surface area contributed by atoms with Crippen LogP contribution in [-0.4, -0.2) is 51.4 Å². The minimum absolute atomic E-state index is 0.00703. The lowest BCUT2D eigenvalue weighted by molar-refractivity contribution is -0.119. The SMILES string of the molecule is CC(C)Oc1ccc(C(=O)OCC(=O)Nc2ccc(Cl)c(S(=O)(=O)N(C)C)c2)cc1. The summed E-state index contributed by atoms with van der Waals surface area (Å²) < 4.78 is 36.1. The number of carbonyl (C=O) groups is 2. The first kappa shape index (κ1) is 23.7. The number of rotatable bonds is 8. The summed E-state index contributed by atoms with van der Waals surface area (Å²) in [7, 11) is -1.04. The lowest BCUT2D eigenvalue weighted by atomic mass is 10.2. The molecule has 0 bridgehead atoms. The van der Waals surface area contributed by atoms with Crippen LogP contribution < -0.4 is 10.1 Å². The Labute approximate surface area is 180 Å². The third-order valence-electron chi connectivity index (χ3n) is 3.77. The fourth-order valence-electron chi connectivity index (χ4n) is 2.33. The molecule has 2 rings (SSSR count). The number of hydrogen-bond donors (Lipinski definition) is 1. The quantitative estimate of drug-likeness (QED) is 0.614. The lowest BCUT2D eigenvalue weighted by Gasteiger charge is -2.14. The van der Waals surface area contributed by atoms with Crippen molar-refractivity contribution < 1.29 is 27.5 Å². The van der Waals surface area contributed by atoms with Gasteiger partial charge in [0.1, 0.15) is 10.6 Å². The predicted molar refractivity (Wildman–Crippen MR) is 113 cm³/mol. The summed E-state index contributed by atoms with van der Waals surface area (Å²) in [6.45, 7) is 3.24. The first-order valence-electron chi connectivity index (χ1n) is 8.96. The molecule has 0 heterocycles. The normalized spacial score (nSPS) is 11.4. The maximum Gasteiger partial charge on any atom is 0.338 e. The molecule has 0 saturated carbocycles. The molecular formula is C20H23ClN2O6S. The molecule has 2 aromatic carbocycles. The molecule has 0 fully saturated rings. The van der Waals surface area contributed by atoms with Crippen LogP contribution in [0.15, 0.2) is 47.4 Å². The Balaban J connectivity index is 1.99. The van der Waals surface area contributed by atoms with E-state index >= 15 is 0 Å². The summed E-state index contributed by atoms with van der Waals surface area (Å²) >= 11 is 5.97. The Hall–Kier alpha value is -2.62. The van der Waals surface area contributed by atoms with Crippen LogP contribution in [0.3, 0.4) is 0 Å². The molecule has 8 nitrogen and oxygen atoms in total. The molecule has 0 aliphatic carbocycles. The highest BCUT2D eigenvalue weighted by atomic mass is 35.5. The van der Waals surface area contributed by atoms with E-state index in [1.165, 1.54) is 44.4 Å². The Kier molecular flexibility index (Phi) is 7.83. The van der Waals surface area contributed by atoms with Crippen molar-refractivity contribution in [1.29, 1.82) is 0 Å². The van der Waals surface area contributed by atoms with Gasteiger partial charge < -0.3 is 14.8 Å². The standard InChI is InChI=1S/C20H23ClN2O6S/c1-13(2)29-16-8-5-14(6-9-16)20(25)28-12-19(24)22-15-7-10-17(21)18(11-15)30(26,27)23(3)4/h5-11,13H,12H2,1-4H3,(H,22,24). The van der Waals surface area contributed by atoms with Crippen molar-refractivity contribution in [3.8, 4) is 5.75 Å². The largest absolute Gasteiger partial charge is 0.491 e. The first-order chi connectivity index (χ1) is 14.0. The van der Waals surface area contributed by atoms with Gasteiger partial charge in [0.05, 0.1) is 16.7 Å². The third kappa shape index (κ3) is 6.19. The Morgan fingerprint density at radius 1 is 1.10 bits per heavy atom. The maximum atomic E-state index is 12.3. The fraction of sp³-hybridized carbons (Fsp3) is 0.300. The Bertz CT molecular complexity index is 1020. The average Bonchev–Trinajstić information content (AvgIpc) is 2.67. The van der Waals surface area contributed by atoms with E-state index in [1.807, 2.05) is 13.8 Å². The van der Waals surface area contributed by atoms with Gasteiger partial charge in [0, 0.05) is 19.8 Å². The number of amides is 1. The van der Waals surface area contributed by atoms with E-state index in [1.54, 1.807) is 12.1 Å². The molecule has 0 aliphatic rings. The van der Waals surface area contributed by atoms with Crippen molar-refractivity contribution >= 4 is 39.2 Å². The maximum absolute atomic E-state index is 12.3. The second-order valence-electron chi connectivity index (χ2n) is 6.75. The average molecular weight is 455 g/mol. The number of sulfonamides is 1. The number of ether oxygens (including phenoxy) is 2. The summed E-state index contributed by atoms with van der Waals surface area (Å²) in [5.74, 6) is -0.683. The summed E-state index contributed by atoms with van der Waals surface area (Å²) in [4.78, 5) is 24.1. The van der Waals surface area contributed by atoms with E-state index < -0.39 is 28.5 Å². The fourth-order valence-corrected chi connectivity index (χ4v) is 3.72. The van der Waals surface area contributed by atoms with Gasteiger partial charge in [0.15, 0.2) is 6.61 Å². The first-order valence-corrected chi connectivity index (χ1v) is 10.8. The van der Waals surface area contributed by atoms with Gasteiger partial charge in [-0.05, 0) is 56.3 Å². The van der Waals surface area contributed by atoms with Crippen molar-refractivity contribution in [2.24, 2.45) is 0 Å². The molecule has 0 atom stereocenters. The van der Waals surface area contributed by atoms with Gasteiger partial charge in [-0.2, -0.15) is 0 Å². The Morgan fingerprint density at radius 3 is 2.30 bits per heavy atom. The molecule has 162 valence electrons. The summed E-state index contributed by atoms with van der Waals surface area (Å²) in [5, 5.41) is 2.51. The van der Waals surface area contributed by atoms with E-state index in [4.69, 9.17) is 21.1 Å². The number of hydrogen-bond acceptors (Lipinski definition) is 6. The van der Waals surface area contributed by atoms with Gasteiger partial charge in [-0.15, -0.1) is 0 Å². The van der Waals surface area contributed by atoms with Crippen molar-refractivity contribution in [2.45, 2.75) is 24.8 Å². The highest BCUT2D eigenvalue weighted by Gasteiger charge is 2.21. The van der Waals surface area contributed by atoms with E-state index in [-0.39, 0.29) is 27.3 Å². The number of carbonyl (C=O) groups excluding carboxylic acids is 2. The van der Waals surface area contributed by atoms with Crippen molar-refractivity contribution in [1.82, 2.24) is 4.31 Å². The zero-order chi connectivity index (χ0) is 22.5. The molecule has 0 radical (unpaired) electrons. The molecule has 0 saturated heterocycles. The number of halogens is 1. The topological polar surface area (TPSA) is 102 Å². The molecule has 1 amide bonds. The number of benzene rings is 2. The number of nitrogens with zero attached hydrogens (tertiary/aromatic N) is 1. The molecule has 0 unspecified atom stereocenters. The van der Waals surface area contributed by atoms with Gasteiger partial charge in [0.2, 0.25) is 10.0 Å². The van der Waals surface area contributed by atoms with Crippen LogP contribution >= 0.6 is 11.6 Å². The van der Waals surface area contributed by atoms with Gasteiger partial charge in [-0.3, -0.25) is 4.79 Å². The molecular weight excluding hydrogens is 432 g/mol. The summed E-state index contributed by atoms with van der Waals surface area (Å²) in [6.07, 6.45) is 0.00703. The molecule has 30 heavy (non-hydrogen) atoms. The van der Waals surface area contributed by atoms with Crippen LogP contribution in [0, 0.1) is 0 Å². The summed E-state index contributed by atoms with van der Waals surface area (Å²) in [5.41, 5.74) is 0.473. The van der Waals surface area contributed by atoms with Gasteiger partial charge in [-0.25, -0.2) is 17.5 Å². The zero-order valence-electron chi connectivity index (χ0n) is 17.0. The van der Waals surface area contributed by atoms with Gasteiger partial charge in [0.25, 0.3) is 5.91 Å². The monoisotopic (exact) mass is 454 g/mol. The predicted octanol–water partition coefficient (Wildman–Crippen LogP) is 3.17. The highest BCUT2D eigenvalue weighted by molar-refractivity contribution is 7.89. The second-order valence-corrected chi connectivity index (χ2v) is 9.28. The van der Waals surface area contributed by atoms with Gasteiger partial charge >= 0.3 is 5.97 Å². The van der Waals surface area contributed by atoms with Crippen LogP contribution in [0.25, 0.3) is 0 Å². The molecule has 0 spiro atoms. The van der Waals surface area contributed by atoms with Crippen LogP contribution in [0.1, 0.15) is 24.2 Å². The molecule has 2 aromatic rings. The molecule has 0 aliphatic heterocycles.